The third kappa shape index (κ3) is 3.61. The highest BCUT2D eigenvalue weighted by Crippen LogP contribution is 2.36. The molecule has 138 valence electrons. The Morgan fingerprint density at radius 1 is 1.19 bits per heavy atom. The number of thioether (sulfide) groups is 1. The third-order valence-corrected chi connectivity index (χ3v) is 5.01. The number of rotatable bonds is 4. The van der Waals surface area contributed by atoms with Crippen LogP contribution in [0, 0.1) is 0 Å². The summed E-state index contributed by atoms with van der Waals surface area (Å²) in [5.74, 6) is -0.801. The SMILES string of the molecule is COC(=O)C1=C(C)N(c2cccc(SC)c2)C(=O)/C1=C\c1cccc(O)c1. The number of hydrogen-bond donors (Lipinski definition) is 1. The van der Waals surface area contributed by atoms with Crippen LogP contribution in [-0.2, 0) is 14.3 Å². The Kier molecular flexibility index (Phi) is 5.37. The van der Waals surface area contributed by atoms with E-state index >= 15 is 0 Å². The first kappa shape index (κ1) is 18.8. The van der Waals surface area contributed by atoms with Crippen LogP contribution in [0.15, 0.2) is 70.3 Å². The summed E-state index contributed by atoms with van der Waals surface area (Å²) in [5, 5.41) is 9.68. The van der Waals surface area contributed by atoms with E-state index < -0.39 is 5.97 Å². The minimum Gasteiger partial charge on any atom is -0.508 e. The molecule has 0 spiro atoms. The zero-order chi connectivity index (χ0) is 19.6. The fourth-order valence-electron chi connectivity index (χ4n) is 3.02. The summed E-state index contributed by atoms with van der Waals surface area (Å²) in [6.45, 7) is 1.72. The summed E-state index contributed by atoms with van der Waals surface area (Å²) >= 11 is 1.57. The third-order valence-electron chi connectivity index (χ3n) is 4.28. The lowest BCUT2D eigenvalue weighted by Gasteiger charge is -2.18. The van der Waals surface area contributed by atoms with Gasteiger partial charge in [-0.05, 0) is 55.2 Å². The van der Waals surface area contributed by atoms with Crippen LogP contribution in [0.2, 0.25) is 0 Å². The molecule has 1 aliphatic rings. The second-order valence-electron chi connectivity index (χ2n) is 5.95. The summed E-state index contributed by atoms with van der Waals surface area (Å²) < 4.78 is 4.90. The minimum atomic E-state index is -0.573. The Labute approximate surface area is 162 Å². The molecule has 2 aromatic rings. The first-order valence-corrected chi connectivity index (χ1v) is 9.47. The number of carbonyl (C=O) groups excluding carboxylic acids is 2. The lowest BCUT2D eigenvalue weighted by atomic mass is 10.0. The van der Waals surface area contributed by atoms with Gasteiger partial charge in [-0.15, -0.1) is 11.8 Å². The van der Waals surface area contributed by atoms with Crippen molar-refractivity contribution in [3.05, 3.63) is 70.9 Å². The van der Waals surface area contributed by atoms with Gasteiger partial charge in [-0.3, -0.25) is 9.69 Å². The second-order valence-corrected chi connectivity index (χ2v) is 6.83. The van der Waals surface area contributed by atoms with Crippen molar-refractivity contribution >= 4 is 35.4 Å². The monoisotopic (exact) mass is 381 g/mol. The van der Waals surface area contributed by atoms with Crippen molar-refractivity contribution in [2.24, 2.45) is 0 Å². The van der Waals surface area contributed by atoms with Crippen molar-refractivity contribution < 1.29 is 19.4 Å². The van der Waals surface area contributed by atoms with Crippen molar-refractivity contribution in [2.75, 3.05) is 18.3 Å². The number of benzene rings is 2. The molecule has 0 saturated heterocycles. The van der Waals surface area contributed by atoms with Gasteiger partial charge in [0.05, 0.1) is 23.9 Å². The Hall–Kier alpha value is -2.99. The van der Waals surface area contributed by atoms with Gasteiger partial charge >= 0.3 is 5.97 Å². The first-order chi connectivity index (χ1) is 13.0. The number of carbonyl (C=O) groups is 2. The van der Waals surface area contributed by atoms with Gasteiger partial charge in [-0.25, -0.2) is 4.79 Å². The van der Waals surface area contributed by atoms with Crippen LogP contribution < -0.4 is 4.90 Å². The van der Waals surface area contributed by atoms with Gasteiger partial charge in [-0.2, -0.15) is 0 Å². The number of ether oxygens (including phenoxy) is 1. The summed E-state index contributed by atoms with van der Waals surface area (Å²) in [6, 6.07) is 14.1. The molecule has 1 amide bonds. The molecule has 0 fully saturated rings. The van der Waals surface area contributed by atoms with Crippen LogP contribution in [-0.4, -0.2) is 30.3 Å². The van der Waals surface area contributed by atoms with E-state index in [1.54, 1.807) is 43.0 Å². The molecule has 0 aromatic heterocycles. The van der Waals surface area contributed by atoms with Gasteiger partial charge in [0.1, 0.15) is 5.75 Å². The number of methoxy groups -OCH3 is 1. The zero-order valence-corrected chi connectivity index (χ0v) is 16.0. The van der Waals surface area contributed by atoms with Crippen LogP contribution in [0.3, 0.4) is 0 Å². The standard InChI is InChI=1S/C21H19NO4S/c1-13-19(21(25)26-2)18(11-14-6-4-8-16(23)10-14)20(24)22(13)15-7-5-9-17(12-15)27-3/h4-12,23H,1-3H3/b18-11-. The van der Waals surface area contributed by atoms with E-state index in [-0.39, 0.29) is 22.8 Å². The van der Waals surface area contributed by atoms with E-state index in [9.17, 15) is 14.7 Å². The molecule has 0 unspecified atom stereocenters. The van der Waals surface area contributed by atoms with Crippen molar-refractivity contribution in [3.63, 3.8) is 0 Å². The van der Waals surface area contributed by atoms with Gasteiger partial charge in [0.25, 0.3) is 5.91 Å². The number of phenols is 1. The molecular formula is C21H19NO4S. The van der Waals surface area contributed by atoms with Gasteiger partial charge in [0.15, 0.2) is 0 Å². The number of hydrogen-bond acceptors (Lipinski definition) is 5. The fraction of sp³-hybridized carbons (Fsp3) is 0.143. The molecule has 1 N–H and O–H groups in total. The van der Waals surface area contributed by atoms with Gasteiger partial charge in [0, 0.05) is 10.6 Å². The van der Waals surface area contributed by atoms with Gasteiger partial charge < -0.3 is 9.84 Å². The molecule has 6 heteroatoms. The van der Waals surface area contributed by atoms with Crippen molar-refractivity contribution in [1.82, 2.24) is 0 Å². The molecule has 0 aliphatic carbocycles. The first-order valence-electron chi connectivity index (χ1n) is 8.25. The maximum atomic E-state index is 13.2. The zero-order valence-electron chi connectivity index (χ0n) is 15.2. The van der Waals surface area contributed by atoms with E-state index in [2.05, 4.69) is 0 Å². The number of nitrogens with zero attached hydrogens (tertiary/aromatic N) is 1. The molecule has 1 heterocycles. The summed E-state index contributed by atoms with van der Waals surface area (Å²) in [6.07, 6.45) is 3.55. The highest BCUT2D eigenvalue weighted by atomic mass is 32.2. The Bertz CT molecular complexity index is 978. The molecule has 0 atom stereocenters. The summed E-state index contributed by atoms with van der Waals surface area (Å²) in [7, 11) is 1.29. The molecule has 0 radical (unpaired) electrons. The number of phenolic OH excluding ortho intramolecular Hbond substituents is 1. The molecule has 27 heavy (non-hydrogen) atoms. The lowest BCUT2D eigenvalue weighted by molar-refractivity contribution is -0.136. The molecule has 2 aromatic carbocycles. The van der Waals surface area contributed by atoms with Crippen molar-refractivity contribution in [1.29, 1.82) is 0 Å². The van der Waals surface area contributed by atoms with E-state index in [1.165, 1.54) is 18.1 Å². The van der Waals surface area contributed by atoms with Gasteiger partial charge in [0.2, 0.25) is 0 Å². The Balaban J connectivity index is 2.14. The van der Waals surface area contributed by atoms with Crippen LogP contribution in [0.5, 0.6) is 5.75 Å². The number of allylic oxidation sites excluding steroid dienone is 1. The fourth-order valence-corrected chi connectivity index (χ4v) is 3.47. The lowest BCUT2D eigenvalue weighted by Crippen LogP contribution is -2.24. The topological polar surface area (TPSA) is 66.8 Å². The predicted molar refractivity (Wildman–Crippen MR) is 107 cm³/mol. The number of aromatic hydroxyl groups is 1. The minimum absolute atomic E-state index is 0.0830. The summed E-state index contributed by atoms with van der Waals surface area (Å²) in [4.78, 5) is 28.1. The largest absolute Gasteiger partial charge is 0.508 e. The molecular weight excluding hydrogens is 362 g/mol. The average Bonchev–Trinajstić information content (AvgIpc) is 2.91. The maximum Gasteiger partial charge on any atom is 0.340 e. The second kappa shape index (κ2) is 7.72. The molecule has 0 saturated carbocycles. The van der Waals surface area contributed by atoms with Gasteiger partial charge in [-0.1, -0.05) is 18.2 Å². The normalized spacial score (nSPS) is 15.6. The van der Waals surface area contributed by atoms with Crippen molar-refractivity contribution in [3.8, 4) is 5.75 Å². The number of amides is 1. The average molecular weight is 381 g/mol. The molecule has 3 rings (SSSR count). The quantitative estimate of drug-likeness (QED) is 0.493. The highest BCUT2D eigenvalue weighted by Gasteiger charge is 2.37. The van der Waals surface area contributed by atoms with E-state index in [0.29, 0.717) is 16.9 Å². The van der Waals surface area contributed by atoms with E-state index in [4.69, 9.17) is 4.74 Å². The van der Waals surface area contributed by atoms with E-state index in [1.807, 2.05) is 30.5 Å². The van der Waals surface area contributed by atoms with Crippen LogP contribution in [0.1, 0.15) is 12.5 Å². The maximum absolute atomic E-state index is 13.2. The van der Waals surface area contributed by atoms with Crippen molar-refractivity contribution in [2.45, 2.75) is 11.8 Å². The predicted octanol–water partition coefficient (Wildman–Crippen LogP) is 3.99. The van der Waals surface area contributed by atoms with Crippen LogP contribution in [0.25, 0.3) is 6.08 Å². The molecule has 0 bridgehead atoms. The van der Waals surface area contributed by atoms with Crippen LogP contribution >= 0.6 is 11.8 Å². The highest BCUT2D eigenvalue weighted by molar-refractivity contribution is 7.98. The summed E-state index contributed by atoms with van der Waals surface area (Å²) in [5.41, 5.74) is 2.27. The number of anilines is 1. The number of esters is 1. The Morgan fingerprint density at radius 2 is 1.93 bits per heavy atom. The van der Waals surface area contributed by atoms with E-state index in [0.717, 1.165) is 4.90 Å². The molecule has 5 nitrogen and oxygen atoms in total. The Morgan fingerprint density at radius 3 is 2.59 bits per heavy atom. The van der Waals surface area contributed by atoms with Crippen LogP contribution in [0.4, 0.5) is 5.69 Å². The smallest absolute Gasteiger partial charge is 0.340 e. The molecule has 1 aliphatic heterocycles.